The molecule has 0 spiro atoms. The molecular weight excluding hydrogens is 224 g/mol. The molecule has 0 aromatic heterocycles. The number of aliphatic hydroxyl groups excluding tert-OH is 1. The highest BCUT2D eigenvalue weighted by Crippen LogP contribution is 2.47. The number of carbonyl (C=O) groups is 1. The van der Waals surface area contributed by atoms with E-state index < -0.39 is 28.9 Å². The fraction of sp³-hybridized carbons (Fsp3) is 0.917. The van der Waals surface area contributed by atoms with Crippen LogP contribution in [0.25, 0.3) is 0 Å². The van der Waals surface area contributed by atoms with Gasteiger partial charge in [-0.2, -0.15) is 9.78 Å². The largest absolute Gasteiger partial charge is 0.455 e. The van der Waals surface area contributed by atoms with E-state index in [0.29, 0.717) is 6.42 Å². The van der Waals surface area contributed by atoms with Crippen LogP contribution in [0.3, 0.4) is 0 Å². The molecule has 5 heteroatoms. The molecule has 0 amide bonds. The summed E-state index contributed by atoms with van der Waals surface area (Å²) in [6, 6.07) is 0. The Morgan fingerprint density at radius 3 is 2.06 bits per heavy atom. The zero-order valence-electron chi connectivity index (χ0n) is 11.4. The van der Waals surface area contributed by atoms with E-state index in [0.717, 1.165) is 0 Å². The zero-order valence-corrected chi connectivity index (χ0v) is 11.4. The quantitative estimate of drug-likeness (QED) is 0.465. The molecule has 1 N–H and O–H groups in total. The van der Waals surface area contributed by atoms with Crippen LogP contribution in [-0.4, -0.2) is 28.6 Å². The molecule has 1 rings (SSSR count). The lowest BCUT2D eigenvalue weighted by Crippen LogP contribution is -2.44. The van der Waals surface area contributed by atoms with E-state index in [1.807, 2.05) is 20.8 Å². The first-order valence-electron chi connectivity index (χ1n) is 5.78. The van der Waals surface area contributed by atoms with E-state index in [9.17, 15) is 9.90 Å². The molecule has 0 aromatic carbocycles. The third-order valence-electron chi connectivity index (χ3n) is 2.66. The highest BCUT2D eigenvalue weighted by molar-refractivity contribution is 5.80. The first-order valence-corrected chi connectivity index (χ1v) is 5.78. The molecule has 1 aliphatic rings. The molecular formula is C12H22O5. The number of aliphatic hydroxyl groups is 1. The van der Waals surface area contributed by atoms with Crippen molar-refractivity contribution in [3.05, 3.63) is 0 Å². The number of esters is 1. The standard InChI is InChI=1S/C12H22O5/c1-8(13)7-11(5,6)15-9(14)12(16-17-12)10(2,3)4/h8,13H,7H2,1-6H3. The molecule has 0 bridgehead atoms. The average molecular weight is 246 g/mol. The molecule has 0 aromatic rings. The van der Waals surface area contributed by atoms with Crippen molar-refractivity contribution in [2.45, 2.75) is 65.5 Å². The van der Waals surface area contributed by atoms with Crippen molar-refractivity contribution in [3.63, 3.8) is 0 Å². The van der Waals surface area contributed by atoms with E-state index in [-0.39, 0.29) is 0 Å². The van der Waals surface area contributed by atoms with Gasteiger partial charge in [-0.3, -0.25) is 0 Å². The Morgan fingerprint density at radius 2 is 1.76 bits per heavy atom. The molecule has 1 saturated heterocycles. The first-order chi connectivity index (χ1) is 7.50. The van der Waals surface area contributed by atoms with Crippen LogP contribution in [-0.2, 0) is 19.3 Å². The summed E-state index contributed by atoms with van der Waals surface area (Å²) in [6.07, 6.45) is -0.177. The summed E-state index contributed by atoms with van der Waals surface area (Å²) in [7, 11) is 0. The first kappa shape index (κ1) is 14.4. The van der Waals surface area contributed by atoms with Gasteiger partial charge in [0.1, 0.15) is 5.60 Å². The van der Waals surface area contributed by atoms with Gasteiger partial charge in [-0.25, -0.2) is 4.79 Å². The number of hydrogen-bond acceptors (Lipinski definition) is 5. The molecule has 100 valence electrons. The van der Waals surface area contributed by atoms with Crippen LogP contribution in [0.4, 0.5) is 0 Å². The van der Waals surface area contributed by atoms with Crippen LogP contribution in [0.5, 0.6) is 0 Å². The topological polar surface area (TPSA) is 71.6 Å². The molecule has 0 aliphatic carbocycles. The number of ether oxygens (including phenoxy) is 1. The molecule has 1 fully saturated rings. The minimum absolute atomic E-state index is 0.360. The monoisotopic (exact) mass is 246 g/mol. The highest BCUT2D eigenvalue weighted by Gasteiger charge is 2.67. The summed E-state index contributed by atoms with van der Waals surface area (Å²) >= 11 is 0. The fourth-order valence-corrected chi connectivity index (χ4v) is 1.74. The van der Waals surface area contributed by atoms with Gasteiger partial charge in [0, 0.05) is 11.8 Å². The number of hydrogen-bond donors (Lipinski definition) is 1. The second-order valence-electron chi connectivity index (χ2n) is 6.24. The van der Waals surface area contributed by atoms with Crippen LogP contribution >= 0.6 is 0 Å². The van der Waals surface area contributed by atoms with Crippen molar-refractivity contribution in [1.82, 2.24) is 0 Å². The third kappa shape index (κ3) is 3.18. The molecule has 1 aliphatic heterocycles. The third-order valence-corrected chi connectivity index (χ3v) is 2.66. The van der Waals surface area contributed by atoms with Gasteiger partial charge < -0.3 is 9.84 Å². The van der Waals surface area contributed by atoms with E-state index in [4.69, 9.17) is 14.5 Å². The lowest BCUT2D eigenvalue weighted by molar-refractivity contribution is -0.171. The number of carbonyl (C=O) groups excluding carboxylic acids is 1. The second-order valence-corrected chi connectivity index (χ2v) is 6.24. The van der Waals surface area contributed by atoms with Crippen molar-refractivity contribution < 1.29 is 24.4 Å². The van der Waals surface area contributed by atoms with Crippen LogP contribution in [0.15, 0.2) is 0 Å². The summed E-state index contributed by atoms with van der Waals surface area (Å²) in [5.41, 5.74) is -1.25. The predicted octanol–water partition coefficient (Wildman–Crippen LogP) is 1.78. The Bertz CT molecular complexity index is 297. The highest BCUT2D eigenvalue weighted by atomic mass is 17.4. The summed E-state index contributed by atoms with van der Waals surface area (Å²) in [5, 5.41) is 9.33. The summed E-state index contributed by atoms with van der Waals surface area (Å²) in [4.78, 5) is 21.7. The Morgan fingerprint density at radius 1 is 1.29 bits per heavy atom. The average Bonchev–Trinajstić information content (AvgIpc) is 2.75. The van der Waals surface area contributed by atoms with E-state index in [1.165, 1.54) is 0 Å². The van der Waals surface area contributed by atoms with E-state index >= 15 is 0 Å². The van der Waals surface area contributed by atoms with Gasteiger partial charge in [0.15, 0.2) is 0 Å². The zero-order chi connectivity index (χ0) is 13.5. The van der Waals surface area contributed by atoms with E-state index in [2.05, 4.69) is 0 Å². The van der Waals surface area contributed by atoms with Gasteiger partial charge >= 0.3 is 11.8 Å². The smallest absolute Gasteiger partial charge is 0.373 e. The van der Waals surface area contributed by atoms with Gasteiger partial charge in [-0.1, -0.05) is 20.8 Å². The summed E-state index contributed by atoms with van der Waals surface area (Å²) < 4.78 is 5.35. The Balaban J connectivity index is 2.68. The van der Waals surface area contributed by atoms with Crippen LogP contribution in [0.1, 0.15) is 48.0 Å². The normalized spacial score (nSPS) is 20.9. The summed E-state index contributed by atoms with van der Waals surface area (Å²) in [5.74, 6) is -1.85. The van der Waals surface area contributed by atoms with Crippen LogP contribution in [0.2, 0.25) is 0 Å². The van der Waals surface area contributed by atoms with Gasteiger partial charge in [0.05, 0.1) is 6.10 Å². The van der Waals surface area contributed by atoms with Crippen molar-refractivity contribution in [2.75, 3.05) is 0 Å². The maximum absolute atomic E-state index is 12.0. The SMILES string of the molecule is CC(O)CC(C)(C)OC(=O)C1(C(C)(C)C)OO1. The molecule has 1 atom stereocenters. The van der Waals surface area contributed by atoms with Crippen molar-refractivity contribution in [2.24, 2.45) is 5.41 Å². The lowest BCUT2D eigenvalue weighted by Gasteiger charge is -2.29. The Kier molecular flexibility index (Phi) is 3.58. The van der Waals surface area contributed by atoms with Crippen LogP contribution < -0.4 is 0 Å². The van der Waals surface area contributed by atoms with E-state index in [1.54, 1.807) is 20.8 Å². The minimum atomic E-state index is -1.30. The van der Waals surface area contributed by atoms with Gasteiger partial charge in [-0.05, 0) is 20.8 Å². The Hall–Kier alpha value is -0.650. The van der Waals surface area contributed by atoms with Crippen molar-refractivity contribution in [1.29, 1.82) is 0 Å². The Labute approximate surface area is 102 Å². The molecule has 1 heterocycles. The fourth-order valence-electron chi connectivity index (χ4n) is 1.74. The molecule has 1 unspecified atom stereocenters. The van der Waals surface area contributed by atoms with Gasteiger partial charge in [0.2, 0.25) is 0 Å². The lowest BCUT2D eigenvalue weighted by atomic mass is 9.86. The molecule has 0 radical (unpaired) electrons. The van der Waals surface area contributed by atoms with Gasteiger partial charge in [0.25, 0.3) is 0 Å². The maximum Gasteiger partial charge on any atom is 0.373 e. The van der Waals surface area contributed by atoms with Crippen molar-refractivity contribution in [3.8, 4) is 0 Å². The predicted molar refractivity (Wildman–Crippen MR) is 60.8 cm³/mol. The number of rotatable bonds is 4. The van der Waals surface area contributed by atoms with Crippen molar-refractivity contribution >= 4 is 5.97 Å². The minimum Gasteiger partial charge on any atom is -0.455 e. The molecule has 17 heavy (non-hydrogen) atoms. The summed E-state index contributed by atoms with van der Waals surface area (Å²) in [6.45, 7) is 10.7. The maximum atomic E-state index is 12.0. The second kappa shape index (κ2) is 4.23. The van der Waals surface area contributed by atoms with Crippen LogP contribution in [0, 0.1) is 5.41 Å². The van der Waals surface area contributed by atoms with Gasteiger partial charge in [-0.15, -0.1) is 0 Å². The molecule has 5 nitrogen and oxygen atoms in total. The molecule has 0 saturated carbocycles.